The van der Waals surface area contributed by atoms with Crippen LogP contribution in [0.1, 0.15) is 47.9 Å². The average Bonchev–Trinajstić information content (AvgIpc) is 3.31. The largest absolute Gasteiger partial charge is 0.481 e. The minimum atomic E-state index is -0.673. The van der Waals surface area contributed by atoms with Crippen LogP contribution in [0.5, 0.6) is 5.75 Å². The topological polar surface area (TPSA) is 71.8 Å². The maximum atomic E-state index is 12.5. The number of ether oxygens (including phenoxy) is 1. The van der Waals surface area contributed by atoms with E-state index in [0.717, 1.165) is 17.5 Å². The van der Waals surface area contributed by atoms with E-state index in [0.29, 0.717) is 24.6 Å². The summed E-state index contributed by atoms with van der Waals surface area (Å²) in [6.07, 6.45) is 1.69. The highest BCUT2D eigenvalue weighted by atomic mass is 16.5. The molecule has 3 aromatic rings. The Labute approximate surface area is 188 Å². The molecule has 1 aromatic heterocycles. The van der Waals surface area contributed by atoms with Crippen molar-refractivity contribution in [1.82, 2.24) is 10.2 Å². The Morgan fingerprint density at radius 1 is 1.19 bits per heavy atom. The lowest BCUT2D eigenvalue weighted by Crippen LogP contribution is -2.39. The van der Waals surface area contributed by atoms with Crippen molar-refractivity contribution >= 4 is 11.8 Å². The highest BCUT2D eigenvalue weighted by Crippen LogP contribution is 2.37. The number of hydrogen-bond acceptors (Lipinski definition) is 4. The van der Waals surface area contributed by atoms with E-state index in [4.69, 9.17) is 9.15 Å². The smallest absolute Gasteiger partial charge is 0.261 e. The van der Waals surface area contributed by atoms with Crippen LogP contribution in [0.15, 0.2) is 65.3 Å². The molecule has 6 heteroatoms. The quantitative estimate of drug-likeness (QED) is 0.635. The highest BCUT2D eigenvalue weighted by Gasteiger charge is 2.31. The molecule has 0 spiro atoms. The fourth-order valence-electron chi connectivity index (χ4n) is 4.10. The average molecular weight is 433 g/mol. The van der Waals surface area contributed by atoms with Gasteiger partial charge in [0.25, 0.3) is 5.91 Å². The van der Waals surface area contributed by atoms with Crippen molar-refractivity contribution in [3.8, 4) is 5.75 Å². The summed E-state index contributed by atoms with van der Waals surface area (Å²) in [5.74, 6) is 1.11. The number of nitrogens with zero attached hydrogens (tertiary/aromatic N) is 1. The van der Waals surface area contributed by atoms with E-state index >= 15 is 0 Å². The van der Waals surface area contributed by atoms with E-state index in [2.05, 4.69) is 29.6 Å². The molecule has 2 aromatic carbocycles. The van der Waals surface area contributed by atoms with Crippen molar-refractivity contribution in [2.75, 3.05) is 6.54 Å². The van der Waals surface area contributed by atoms with Gasteiger partial charge < -0.3 is 19.4 Å². The first-order valence-electron chi connectivity index (χ1n) is 10.9. The van der Waals surface area contributed by atoms with Gasteiger partial charge in [-0.15, -0.1) is 0 Å². The van der Waals surface area contributed by atoms with Crippen molar-refractivity contribution in [2.45, 2.75) is 45.9 Å². The molecule has 0 aliphatic carbocycles. The molecule has 2 heterocycles. The number of carbonyl (C=O) groups is 2. The Hall–Kier alpha value is -3.54. The highest BCUT2D eigenvalue weighted by molar-refractivity contribution is 5.80. The lowest BCUT2D eigenvalue weighted by atomic mass is 9.87. The summed E-state index contributed by atoms with van der Waals surface area (Å²) in [6, 6.07) is 17.6. The van der Waals surface area contributed by atoms with Crippen molar-refractivity contribution in [2.24, 2.45) is 0 Å². The van der Waals surface area contributed by atoms with Gasteiger partial charge in [-0.3, -0.25) is 9.59 Å². The van der Waals surface area contributed by atoms with Crippen LogP contribution in [0.25, 0.3) is 0 Å². The van der Waals surface area contributed by atoms with E-state index < -0.39 is 6.10 Å². The summed E-state index contributed by atoms with van der Waals surface area (Å²) < 4.78 is 11.2. The van der Waals surface area contributed by atoms with Gasteiger partial charge in [-0.1, -0.05) is 35.9 Å². The third-order valence-electron chi connectivity index (χ3n) is 5.84. The van der Waals surface area contributed by atoms with Crippen LogP contribution in [0.3, 0.4) is 0 Å². The van der Waals surface area contributed by atoms with Gasteiger partial charge >= 0.3 is 0 Å². The number of rotatable bonds is 6. The minimum absolute atomic E-state index is 0.0400. The van der Waals surface area contributed by atoms with E-state index in [-0.39, 0.29) is 17.9 Å². The molecule has 2 amide bonds. The molecule has 0 saturated carbocycles. The summed E-state index contributed by atoms with van der Waals surface area (Å²) in [5, 5.41) is 2.82. The number of nitrogens with one attached hydrogen (secondary N) is 1. The molecule has 1 aliphatic heterocycles. The molecule has 1 N–H and O–H groups in total. The third-order valence-corrected chi connectivity index (χ3v) is 5.84. The monoisotopic (exact) mass is 432 g/mol. The Balaban J connectivity index is 1.55. The number of aryl methyl sites for hydroxylation is 1. The summed E-state index contributed by atoms with van der Waals surface area (Å²) in [7, 11) is 0. The Kier molecular flexibility index (Phi) is 6.30. The zero-order valence-electron chi connectivity index (χ0n) is 18.6. The van der Waals surface area contributed by atoms with Crippen LogP contribution in [-0.4, -0.2) is 29.4 Å². The van der Waals surface area contributed by atoms with Gasteiger partial charge in [-0.05, 0) is 61.2 Å². The lowest BCUT2D eigenvalue weighted by molar-refractivity contribution is -0.131. The van der Waals surface area contributed by atoms with E-state index in [1.807, 2.05) is 30.0 Å². The van der Waals surface area contributed by atoms with Gasteiger partial charge in [-0.25, -0.2) is 0 Å². The van der Waals surface area contributed by atoms with Crippen LogP contribution >= 0.6 is 0 Å². The van der Waals surface area contributed by atoms with E-state index in [1.165, 1.54) is 11.1 Å². The Bertz CT molecular complexity index is 1090. The molecule has 166 valence electrons. The van der Waals surface area contributed by atoms with Gasteiger partial charge in [0, 0.05) is 13.5 Å². The molecule has 6 nitrogen and oxygen atoms in total. The molecule has 2 atom stereocenters. The molecule has 0 fully saturated rings. The first-order valence-corrected chi connectivity index (χ1v) is 10.9. The SMILES string of the molecule is CC(=O)N1CCc2ccc(OC(C)C(=O)NCc3ccco3)cc2C1c1ccc(C)cc1. The molecule has 0 radical (unpaired) electrons. The normalized spacial score (nSPS) is 16.2. The number of hydrogen-bond donors (Lipinski definition) is 1. The molecule has 32 heavy (non-hydrogen) atoms. The predicted octanol–water partition coefficient (Wildman–Crippen LogP) is 4.17. The van der Waals surface area contributed by atoms with E-state index in [1.54, 1.807) is 32.2 Å². The van der Waals surface area contributed by atoms with Crippen LogP contribution in [0.4, 0.5) is 0 Å². The van der Waals surface area contributed by atoms with Crippen molar-refractivity contribution in [3.05, 3.63) is 88.9 Å². The molecule has 2 unspecified atom stereocenters. The second-order valence-corrected chi connectivity index (χ2v) is 8.19. The van der Waals surface area contributed by atoms with E-state index in [9.17, 15) is 9.59 Å². The van der Waals surface area contributed by atoms with Crippen LogP contribution in [0, 0.1) is 6.92 Å². The zero-order chi connectivity index (χ0) is 22.7. The summed E-state index contributed by atoms with van der Waals surface area (Å²) in [6.45, 7) is 6.36. The molecular weight excluding hydrogens is 404 g/mol. The van der Waals surface area contributed by atoms with Gasteiger partial charge in [0.05, 0.1) is 18.8 Å². The van der Waals surface area contributed by atoms with Crippen LogP contribution in [-0.2, 0) is 22.6 Å². The predicted molar refractivity (Wildman–Crippen MR) is 121 cm³/mol. The number of fused-ring (bicyclic) bond motifs is 1. The summed E-state index contributed by atoms with van der Waals surface area (Å²) >= 11 is 0. The number of amides is 2. The number of carbonyl (C=O) groups excluding carboxylic acids is 2. The van der Waals surface area contributed by atoms with Gasteiger partial charge in [0.15, 0.2) is 6.10 Å². The zero-order valence-corrected chi connectivity index (χ0v) is 18.6. The third kappa shape index (κ3) is 4.69. The fraction of sp³-hybridized carbons (Fsp3) is 0.308. The van der Waals surface area contributed by atoms with Crippen molar-refractivity contribution in [3.63, 3.8) is 0 Å². The Morgan fingerprint density at radius 3 is 2.66 bits per heavy atom. The van der Waals surface area contributed by atoms with Crippen LogP contribution in [0.2, 0.25) is 0 Å². The Morgan fingerprint density at radius 2 is 1.97 bits per heavy atom. The maximum Gasteiger partial charge on any atom is 0.261 e. The lowest BCUT2D eigenvalue weighted by Gasteiger charge is -2.37. The summed E-state index contributed by atoms with van der Waals surface area (Å²) in [5.41, 5.74) is 4.46. The minimum Gasteiger partial charge on any atom is -0.481 e. The molecule has 4 rings (SSSR count). The van der Waals surface area contributed by atoms with Gasteiger partial charge in [-0.2, -0.15) is 0 Å². The molecule has 1 aliphatic rings. The number of furan rings is 1. The van der Waals surface area contributed by atoms with Crippen molar-refractivity contribution in [1.29, 1.82) is 0 Å². The first-order chi connectivity index (χ1) is 15.4. The second-order valence-electron chi connectivity index (χ2n) is 8.19. The van der Waals surface area contributed by atoms with Gasteiger partial charge in [0.2, 0.25) is 5.91 Å². The second kappa shape index (κ2) is 9.30. The van der Waals surface area contributed by atoms with Crippen molar-refractivity contribution < 1.29 is 18.7 Å². The first kappa shape index (κ1) is 21.7. The van der Waals surface area contributed by atoms with Crippen LogP contribution < -0.4 is 10.1 Å². The maximum absolute atomic E-state index is 12.5. The molecule has 0 bridgehead atoms. The van der Waals surface area contributed by atoms with Gasteiger partial charge in [0.1, 0.15) is 11.5 Å². The number of benzene rings is 2. The summed E-state index contributed by atoms with van der Waals surface area (Å²) in [4.78, 5) is 26.8. The molecular formula is C26H28N2O4. The fourth-order valence-corrected chi connectivity index (χ4v) is 4.10. The standard InChI is InChI=1S/C26H28N2O4/c1-17-6-8-21(9-7-17)25-24-15-22(11-10-20(24)12-13-28(25)19(3)29)32-18(2)26(30)27-16-23-5-4-14-31-23/h4-11,14-15,18,25H,12-13,16H2,1-3H3,(H,27,30). The molecule has 0 saturated heterocycles.